The molecular formula is C14H25N3S. The fourth-order valence-corrected chi connectivity index (χ4v) is 3.19. The molecule has 0 atom stereocenters. The summed E-state index contributed by atoms with van der Waals surface area (Å²) < 4.78 is 0. The largest absolute Gasteiger partial charge is 0.366 e. The minimum Gasteiger partial charge on any atom is -0.366 e. The summed E-state index contributed by atoms with van der Waals surface area (Å²) in [4.78, 5) is 4.99. The van der Waals surface area contributed by atoms with E-state index in [1.54, 1.807) is 0 Å². The van der Waals surface area contributed by atoms with E-state index >= 15 is 0 Å². The first kappa shape index (κ1) is 13.8. The molecule has 1 aliphatic rings. The zero-order valence-corrected chi connectivity index (χ0v) is 12.6. The molecule has 4 heteroatoms. The summed E-state index contributed by atoms with van der Waals surface area (Å²) in [7, 11) is 2.19. The lowest BCUT2D eigenvalue weighted by Crippen LogP contribution is -2.54. The third-order valence-electron chi connectivity index (χ3n) is 3.91. The maximum Gasteiger partial charge on any atom is 0.0905 e. The van der Waals surface area contributed by atoms with Gasteiger partial charge in [-0.3, -0.25) is 4.90 Å². The highest BCUT2D eigenvalue weighted by Gasteiger charge is 2.27. The smallest absolute Gasteiger partial charge is 0.0905 e. The number of nitrogens with one attached hydrogen (secondary N) is 1. The van der Waals surface area contributed by atoms with Gasteiger partial charge in [0.2, 0.25) is 0 Å². The van der Waals surface area contributed by atoms with Crippen LogP contribution < -0.4 is 10.2 Å². The summed E-state index contributed by atoms with van der Waals surface area (Å²) in [6.07, 6.45) is 1.21. The van der Waals surface area contributed by atoms with E-state index < -0.39 is 0 Å². The Labute approximate surface area is 115 Å². The quantitative estimate of drug-likeness (QED) is 0.883. The van der Waals surface area contributed by atoms with Gasteiger partial charge < -0.3 is 10.2 Å². The van der Waals surface area contributed by atoms with E-state index in [2.05, 4.69) is 53.5 Å². The van der Waals surface area contributed by atoms with Crippen LogP contribution >= 0.6 is 11.3 Å². The number of hydrogen-bond acceptors (Lipinski definition) is 4. The third kappa shape index (κ3) is 3.46. The van der Waals surface area contributed by atoms with Gasteiger partial charge in [0.15, 0.2) is 0 Å². The third-order valence-corrected chi connectivity index (χ3v) is 4.90. The minimum absolute atomic E-state index is 0.299. The zero-order valence-electron chi connectivity index (χ0n) is 11.8. The number of rotatable bonds is 5. The molecule has 102 valence electrons. The summed E-state index contributed by atoms with van der Waals surface area (Å²) >= 11 is 1.82. The first-order chi connectivity index (χ1) is 8.59. The summed E-state index contributed by atoms with van der Waals surface area (Å²) in [5.41, 5.74) is 0.299. The molecule has 1 saturated heterocycles. The number of thiophene rings is 1. The Morgan fingerprint density at radius 2 is 2.11 bits per heavy atom. The van der Waals surface area contributed by atoms with Crippen molar-refractivity contribution in [2.45, 2.75) is 25.8 Å². The molecule has 0 radical (unpaired) electrons. The normalized spacial score (nSPS) is 17.9. The predicted octanol–water partition coefficient (Wildman–Crippen LogP) is 2.26. The fourth-order valence-electron chi connectivity index (χ4n) is 2.47. The predicted molar refractivity (Wildman–Crippen MR) is 80.7 cm³/mol. The standard InChI is InChI=1S/C14H25N3S/c1-14(2,17-10-7-15-8-11-17)6-9-16(3)13-5-4-12-18-13/h4-5,12,15H,6-11H2,1-3H3. The van der Waals surface area contributed by atoms with Crippen molar-refractivity contribution in [1.82, 2.24) is 10.2 Å². The first-order valence-electron chi connectivity index (χ1n) is 6.80. The van der Waals surface area contributed by atoms with Gasteiger partial charge in [-0.25, -0.2) is 0 Å². The molecule has 1 aliphatic heterocycles. The van der Waals surface area contributed by atoms with Gasteiger partial charge in [-0.2, -0.15) is 0 Å². The number of hydrogen-bond donors (Lipinski definition) is 1. The van der Waals surface area contributed by atoms with E-state index in [1.807, 2.05) is 11.3 Å². The number of piperazine rings is 1. The van der Waals surface area contributed by atoms with Crippen LogP contribution in [0.3, 0.4) is 0 Å². The Kier molecular flexibility index (Phi) is 4.65. The van der Waals surface area contributed by atoms with Crippen LogP contribution in [0.25, 0.3) is 0 Å². The van der Waals surface area contributed by atoms with Gasteiger partial charge >= 0.3 is 0 Å². The molecule has 0 bridgehead atoms. The molecule has 0 aliphatic carbocycles. The second-order valence-corrected chi connectivity index (χ2v) is 6.60. The minimum atomic E-state index is 0.299. The van der Waals surface area contributed by atoms with Crippen LogP contribution in [-0.4, -0.2) is 50.2 Å². The lowest BCUT2D eigenvalue weighted by Gasteiger charge is -2.42. The molecule has 0 aromatic carbocycles. The highest BCUT2D eigenvalue weighted by atomic mass is 32.1. The fraction of sp³-hybridized carbons (Fsp3) is 0.714. The van der Waals surface area contributed by atoms with Crippen LogP contribution in [0, 0.1) is 0 Å². The summed E-state index contributed by atoms with van der Waals surface area (Å²) in [5.74, 6) is 0. The molecular weight excluding hydrogens is 242 g/mol. The first-order valence-corrected chi connectivity index (χ1v) is 7.68. The van der Waals surface area contributed by atoms with Crippen molar-refractivity contribution in [2.75, 3.05) is 44.7 Å². The van der Waals surface area contributed by atoms with E-state index in [0.29, 0.717) is 5.54 Å². The average molecular weight is 267 g/mol. The van der Waals surface area contributed by atoms with Gasteiger partial charge in [-0.1, -0.05) is 0 Å². The molecule has 0 saturated carbocycles. The van der Waals surface area contributed by atoms with Crippen LogP contribution in [0.4, 0.5) is 5.00 Å². The van der Waals surface area contributed by atoms with E-state index in [-0.39, 0.29) is 0 Å². The van der Waals surface area contributed by atoms with E-state index in [0.717, 1.165) is 19.6 Å². The van der Waals surface area contributed by atoms with Gasteiger partial charge in [0.1, 0.15) is 0 Å². The van der Waals surface area contributed by atoms with Crippen LogP contribution in [0.15, 0.2) is 17.5 Å². The van der Waals surface area contributed by atoms with Crippen LogP contribution in [-0.2, 0) is 0 Å². The van der Waals surface area contributed by atoms with E-state index in [1.165, 1.54) is 24.5 Å². The highest BCUT2D eigenvalue weighted by molar-refractivity contribution is 7.14. The number of anilines is 1. The summed E-state index contributed by atoms with van der Waals surface area (Å²) in [5, 5.41) is 6.94. The van der Waals surface area contributed by atoms with Crippen LogP contribution in [0.2, 0.25) is 0 Å². The molecule has 0 unspecified atom stereocenters. The van der Waals surface area contributed by atoms with Crippen molar-refractivity contribution < 1.29 is 0 Å². The lowest BCUT2D eigenvalue weighted by molar-refractivity contribution is 0.0975. The second-order valence-electron chi connectivity index (χ2n) is 5.67. The van der Waals surface area contributed by atoms with Crippen molar-refractivity contribution in [2.24, 2.45) is 0 Å². The lowest BCUT2D eigenvalue weighted by atomic mass is 9.97. The molecule has 2 heterocycles. The van der Waals surface area contributed by atoms with Crippen LogP contribution in [0.5, 0.6) is 0 Å². The summed E-state index contributed by atoms with van der Waals surface area (Å²) in [6, 6.07) is 4.32. The van der Waals surface area contributed by atoms with Crippen molar-refractivity contribution in [3.05, 3.63) is 17.5 Å². The Morgan fingerprint density at radius 1 is 1.39 bits per heavy atom. The second kappa shape index (κ2) is 6.04. The van der Waals surface area contributed by atoms with Gasteiger partial charge in [-0.15, -0.1) is 11.3 Å². The summed E-state index contributed by atoms with van der Waals surface area (Å²) in [6.45, 7) is 10.5. The highest BCUT2D eigenvalue weighted by Crippen LogP contribution is 2.24. The van der Waals surface area contributed by atoms with Crippen molar-refractivity contribution in [1.29, 1.82) is 0 Å². The van der Waals surface area contributed by atoms with E-state index in [9.17, 15) is 0 Å². The Bertz CT molecular complexity index is 342. The molecule has 1 aromatic heterocycles. The molecule has 0 spiro atoms. The maximum atomic E-state index is 3.42. The zero-order chi connectivity index (χ0) is 13.0. The maximum absolute atomic E-state index is 3.42. The van der Waals surface area contributed by atoms with Crippen molar-refractivity contribution in [3.8, 4) is 0 Å². The van der Waals surface area contributed by atoms with E-state index in [4.69, 9.17) is 0 Å². The molecule has 2 rings (SSSR count). The number of nitrogens with zero attached hydrogens (tertiary/aromatic N) is 2. The Morgan fingerprint density at radius 3 is 2.72 bits per heavy atom. The monoisotopic (exact) mass is 267 g/mol. The van der Waals surface area contributed by atoms with Crippen LogP contribution in [0.1, 0.15) is 20.3 Å². The SMILES string of the molecule is CN(CCC(C)(C)N1CCNCC1)c1cccs1. The molecule has 0 amide bonds. The molecule has 1 fully saturated rings. The molecule has 18 heavy (non-hydrogen) atoms. The van der Waals surface area contributed by atoms with Gasteiger partial charge in [-0.05, 0) is 37.8 Å². The molecule has 1 aromatic rings. The average Bonchev–Trinajstić information content (AvgIpc) is 2.91. The van der Waals surface area contributed by atoms with Gasteiger partial charge in [0, 0.05) is 45.3 Å². The van der Waals surface area contributed by atoms with Crippen molar-refractivity contribution in [3.63, 3.8) is 0 Å². The van der Waals surface area contributed by atoms with Gasteiger partial charge in [0.05, 0.1) is 5.00 Å². The Balaban J connectivity index is 1.84. The molecule has 3 nitrogen and oxygen atoms in total. The molecule has 1 N–H and O–H groups in total. The van der Waals surface area contributed by atoms with Gasteiger partial charge in [0.25, 0.3) is 0 Å². The van der Waals surface area contributed by atoms with Crippen molar-refractivity contribution >= 4 is 16.3 Å². The topological polar surface area (TPSA) is 18.5 Å². The Hall–Kier alpha value is -0.580.